The second kappa shape index (κ2) is 6.73. The molecule has 27 heavy (non-hydrogen) atoms. The van der Waals surface area contributed by atoms with Gasteiger partial charge in [-0.15, -0.1) is 0 Å². The molecule has 0 bridgehead atoms. The van der Waals surface area contributed by atoms with Crippen molar-refractivity contribution >= 4 is 17.2 Å². The summed E-state index contributed by atoms with van der Waals surface area (Å²) in [7, 11) is 1.66. The highest BCUT2D eigenvalue weighted by Crippen LogP contribution is 2.25. The van der Waals surface area contributed by atoms with Gasteiger partial charge in [-0.25, -0.2) is 9.50 Å². The molecule has 0 saturated carbocycles. The van der Waals surface area contributed by atoms with E-state index in [2.05, 4.69) is 10.1 Å². The Morgan fingerprint density at radius 2 is 1.93 bits per heavy atom. The number of aromatic nitrogens is 3. The van der Waals surface area contributed by atoms with Crippen LogP contribution < -0.4 is 4.90 Å². The molecule has 130 valence electrons. The molecule has 0 radical (unpaired) electrons. The Bertz CT molecular complexity index is 1160. The lowest BCUT2D eigenvalue weighted by molar-refractivity contribution is 0.0992. The molecule has 1 aromatic carbocycles. The van der Waals surface area contributed by atoms with Gasteiger partial charge in [-0.2, -0.15) is 10.4 Å². The average molecular weight is 353 g/mol. The summed E-state index contributed by atoms with van der Waals surface area (Å²) in [5.41, 5.74) is 3.85. The zero-order chi connectivity index (χ0) is 18.8. The Morgan fingerprint density at radius 1 is 1.11 bits per heavy atom. The van der Waals surface area contributed by atoms with Crippen molar-refractivity contribution in [3.63, 3.8) is 0 Å². The Kier molecular flexibility index (Phi) is 4.11. The van der Waals surface area contributed by atoms with Crippen LogP contribution in [0.25, 0.3) is 16.6 Å². The fraction of sp³-hybridized carbons (Fsp3) is 0.0476. The first kappa shape index (κ1) is 16.5. The molecule has 6 heteroatoms. The lowest BCUT2D eigenvalue weighted by Crippen LogP contribution is -2.27. The van der Waals surface area contributed by atoms with Crippen molar-refractivity contribution < 1.29 is 4.79 Å². The van der Waals surface area contributed by atoms with Gasteiger partial charge in [0.2, 0.25) is 0 Å². The van der Waals surface area contributed by atoms with Gasteiger partial charge >= 0.3 is 0 Å². The molecule has 0 spiro atoms. The van der Waals surface area contributed by atoms with E-state index in [1.807, 2.05) is 42.5 Å². The van der Waals surface area contributed by atoms with Crippen LogP contribution in [0.2, 0.25) is 0 Å². The van der Waals surface area contributed by atoms with E-state index in [1.54, 1.807) is 42.2 Å². The first-order chi connectivity index (χ1) is 13.2. The van der Waals surface area contributed by atoms with Crippen molar-refractivity contribution in [2.75, 3.05) is 11.9 Å². The van der Waals surface area contributed by atoms with E-state index in [0.717, 1.165) is 16.6 Å². The van der Waals surface area contributed by atoms with Crippen LogP contribution in [0, 0.1) is 11.3 Å². The van der Waals surface area contributed by atoms with E-state index in [-0.39, 0.29) is 5.91 Å². The second-order valence-electron chi connectivity index (χ2n) is 6.05. The lowest BCUT2D eigenvalue weighted by atomic mass is 10.1. The number of pyridine rings is 2. The Labute approximate surface area is 155 Å². The van der Waals surface area contributed by atoms with Crippen LogP contribution in [0.3, 0.4) is 0 Å². The first-order valence-electron chi connectivity index (χ1n) is 8.34. The Balaban J connectivity index is 1.70. The van der Waals surface area contributed by atoms with Gasteiger partial charge in [0, 0.05) is 30.6 Å². The molecule has 0 aliphatic carbocycles. The van der Waals surface area contributed by atoms with E-state index >= 15 is 0 Å². The third-order valence-corrected chi connectivity index (χ3v) is 4.38. The minimum absolute atomic E-state index is 0.185. The van der Waals surface area contributed by atoms with Crippen molar-refractivity contribution in [1.29, 1.82) is 5.26 Å². The van der Waals surface area contributed by atoms with Gasteiger partial charge in [0.15, 0.2) is 0 Å². The quantitative estimate of drug-likeness (QED) is 0.564. The van der Waals surface area contributed by atoms with Gasteiger partial charge < -0.3 is 0 Å². The molecule has 0 N–H and O–H groups in total. The van der Waals surface area contributed by atoms with Crippen molar-refractivity contribution in [3.8, 4) is 17.2 Å². The minimum atomic E-state index is -0.185. The number of nitriles is 1. The van der Waals surface area contributed by atoms with Gasteiger partial charge in [0.25, 0.3) is 5.91 Å². The van der Waals surface area contributed by atoms with Gasteiger partial charge in [-0.05, 0) is 29.8 Å². The predicted molar refractivity (Wildman–Crippen MR) is 102 cm³/mol. The number of carbonyl (C=O) groups excluding carboxylic acids is 1. The Morgan fingerprint density at radius 3 is 2.63 bits per heavy atom. The van der Waals surface area contributed by atoms with E-state index < -0.39 is 0 Å². The molecule has 0 aliphatic rings. The summed E-state index contributed by atoms with van der Waals surface area (Å²) in [5, 5.41) is 13.2. The zero-order valence-corrected chi connectivity index (χ0v) is 14.6. The SMILES string of the molecule is CN(C(=O)c1ccn2ncc(-c3ccccc3)c2c1)c1ccc(C#N)cn1. The molecule has 4 rings (SSSR count). The average Bonchev–Trinajstić information content (AvgIpc) is 3.16. The summed E-state index contributed by atoms with van der Waals surface area (Å²) in [4.78, 5) is 18.5. The third kappa shape index (κ3) is 3.02. The number of nitrogens with zero attached hydrogens (tertiary/aromatic N) is 5. The molecule has 4 aromatic rings. The van der Waals surface area contributed by atoms with Crippen LogP contribution >= 0.6 is 0 Å². The van der Waals surface area contributed by atoms with Gasteiger partial charge in [0.1, 0.15) is 11.9 Å². The maximum absolute atomic E-state index is 12.9. The summed E-state index contributed by atoms with van der Waals surface area (Å²) in [5.74, 6) is 0.297. The number of anilines is 1. The monoisotopic (exact) mass is 353 g/mol. The van der Waals surface area contributed by atoms with Crippen molar-refractivity contribution in [1.82, 2.24) is 14.6 Å². The summed E-state index contributed by atoms with van der Waals surface area (Å²) >= 11 is 0. The van der Waals surface area contributed by atoms with Crippen molar-refractivity contribution in [2.45, 2.75) is 0 Å². The number of carbonyl (C=O) groups is 1. The van der Waals surface area contributed by atoms with Crippen LogP contribution in [0.4, 0.5) is 5.82 Å². The maximum atomic E-state index is 12.9. The normalized spacial score (nSPS) is 10.5. The Hall–Kier alpha value is -3.98. The number of fused-ring (bicyclic) bond motifs is 1. The zero-order valence-electron chi connectivity index (χ0n) is 14.6. The van der Waals surface area contributed by atoms with Crippen LogP contribution in [0.1, 0.15) is 15.9 Å². The van der Waals surface area contributed by atoms with E-state index in [4.69, 9.17) is 5.26 Å². The van der Waals surface area contributed by atoms with Crippen LogP contribution in [0.5, 0.6) is 0 Å². The standard InChI is InChI=1S/C21H15N5O/c1-25(20-8-7-15(12-22)13-23-20)21(27)17-9-10-26-19(11-17)18(14-24-26)16-5-3-2-4-6-16/h2-11,13-14H,1H3. The topological polar surface area (TPSA) is 74.3 Å². The van der Waals surface area contributed by atoms with Gasteiger partial charge in [-0.1, -0.05) is 30.3 Å². The smallest absolute Gasteiger partial charge is 0.259 e. The maximum Gasteiger partial charge on any atom is 0.259 e. The fourth-order valence-corrected chi connectivity index (χ4v) is 2.90. The van der Waals surface area contributed by atoms with Crippen molar-refractivity contribution in [3.05, 3.63) is 84.3 Å². The summed E-state index contributed by atoms with van der Waals surface area (Å²) in [6, 6.07) is 18.8. The summed E-state index contributed by atoms with van der Waals surface area (Å²) < 4.78 is 1.75. The molecule has 0 fully saturated rings. The van der Waals surface area contributed by atoms with E-state index in [9.17, 15) is 4.79 Å². The minimum Gasteiger partial charge on any atom is -0.296 e. The largest absolute Gasteiger partial charge is 0.296 e. The molecular weight excluding hydrogens is 338 g/mol. The van der Waals surface area contributed by atoms with Gasteiger partial charge in [-0.3, -0.25) is 9.69 Å². The highest BCUT2D eigenvalue weighted by atomic mass is 16.2. The molecule has 0 unspecified atom stereocenters. The molecule has 0 aliphatic heterocycles. The number of hydrogen-bond donors (Lipinski definition) is 0. The molecule has 0 saturated heterocycles. The highest BCUT2D eigenvalue weighted by molar-refractivity contribution is 6.06. The molecule has 3 aromatic heterocycles. The van der Waals surface area contributed by atoms with Gasteiger partial charge in [0.05, 0.1) is 17.3 Å². The van der Waals surface area contributed by atoms with Crippen LogP contribution in [0.15, 0.2) is 73.2 Å². The lowest BCUT2D eigenvalue weighted by Gasteiger charge is -2.16. The van der Waals surface area contributed by atoms with E-state index in [0.29, 0.717) is 16.9 Å². The molecule has 6 nitrogen and oxygen atoms in total. The van der Waals surface area contributed by atoms with E-state index in [1.165, 1.54) is 11.1 Å². The molecule has 3 heterocycles. The predicted octanol–water partition coefficient (Wildman–Crippen LogP) is 3.54. The third-order valence-electron chi connectivity index (χ3n) is 4.38. The number of rotatable bonds is 3. The first-order valence-corrected chi connectivity index (χ1v) is 8.34. The van der Waals surface area contributed by atoms with Crippen LogP contribution in [-0.4, -0.2) is 27.6 Å². The second-order valence-corrected chi connectivity index (χ2v) is 6.05. The van der Waals surface area contributed by atoms with Crippen LogP contribution in [-0.2, 0) is 0 Å². The molecule has 1 amide bonds. The molecular formula is C21H15N5O. The fourth-order valence-electron chi connectivity index (χ4n) is 2.90. The summed E-state index contributed by atoms with van der Waals surface area (Å²) in [6.45, 7) is 0. The highest BCUT2D eigenvalue weighted by Gasteiger charge is 2.16. The number of hydrogen-bond acceptors (Lipinski definition) is 4. The number of benzene rings is 1. The van der Waals surface area contributed by atoms with Crippen molar-refractivity contribution in [2.24, 2.45) is 0 Å². The molecule has 0 atom stereocenters. The summed E-state index contributed by atoms with van der Waals surface area (Å²) in [6.07, 6.45) is 5.02. The number of amides is 1.